The number of nitrogens with one attached hydrogen (secondary N) is 3. The van der Waals surface area contributed by atoms with E-state index in [1.165, 1.54) is 19.2 Å². The van der Waals surface area contributed by atoms with Crippen molar-refractivity contribution in [3.05, 3.63) is 48.0 Å². The molecule has 0 saturated carbocycles. The Morgan fingerprint density at radius 3 is 2.40 bits per heavy atom. The molecule has 8 heteroatoms. The first-order chi connectivity index (χ1) is 12.0. The van der Waals surface area contributed by atoms with Crippen LogP contribution in [0.25, 0.3) is 0 Å². The highest BCUT2D eigenvalue weighted by Crippen LogP contribution is 2.24. The van der Waals surface area contributed by atoms with E-state index in [4.69, 9.17) is 0 Å². The second-order valence-corrected chi connectivity index (χ2v) is 5.15. The Morgan fingerprint density at radius 2 is 1.72 bits per heavy atom. The van der Waals surface area contributed by atoms with Gasteiger partial charge in [0.2, 0.25) is 0 Å². The van der Waals surface area contributed by atoms with Gasteiger partial charge < -0.3 is 25.6 Å². The number of rotatable bonds is 5. The maximum Gasteiger partial charge on any atom is 0.411 e. The minimum Gasteiger partial charge on any atom is -0.504 e. The summed E-state index contributed by atoms with van der Waals surface area (Å²) in [5.41, 5.74) is 1.78. The van der Waals surface area contributed by atoms with Crippen molar-refractivity contribution in [2.45, 2.75) is 6.42 Å². The van der Waals surface area contributed by atoms with Crippen LogP contribution in [0.2, 0.25) is 0 Å². The number of methoxy groups -OCH3 is 1. The van der Waals surface area contributed by atoms with Crippen molar-refractivity contribution in [2.24, 2.45) is 0 Å². The molecule has 0 saturated heterocycles. The van der Waals surface area contributed by atoms with E-state index in [2.05, 4.69) is 20.7 Å². The van der Waals surface area contributed by atoms with Crippen LogP contribution in [-0.2, 0) is 11.2 Å². The Kier molecular flexibility index (Phi) is 6.05. The third-order valence-corrected chi connectivity index (χ3v) is 3.29. The first kappa shape index (κ1) is 17.9. The first-order valence-corrected chi connectivity index (χ1v) is 7.48. The zero-order valence-electron chi connectivity index (χ0n) is 13.6. The fraction of sp³-hybridized carbons (Fsp3) is 0.176. The summed E-state index contributed by atoms with van der Waals surface area (Å²) < 4.78 is 4.50. The number of anilines is 2. The average molecular weight is 345 g/mol. The van der Waals surface area contributed by atoms with Gasteiger partial charge >= 0.3 is 12.1 Å². The number of urea groups is 1. The standard InChI is InChI=1S/C17H19N3O5/c1-25-17(24)20-13-4-2-3-12(10-13)19-16(23)18-8-7-11-5-6-14(21)15(22)9-11/h2-6,9-10,21-22H,7-8H2,1H3,(H,20,24)(H2,18,19,23). The van der Waals surface area contributed by atoms with Crippen molar-refractivity contribution in [3.63, 3.8) is 0 Å². The molecule has 5 N–H and O–H groups in total. The molecule has 0 atom stereocenters. The molecule has 0 spiro atoms. The van der Waals surface area contributed by atoms with Crippen LogP contribution in [-0.4, -0.2) is 36.0 Å². The summed E-state index contributed by atoms with van der Waals surface area (Å²) in [5.74, 6) is -0.383. The molecule has 0 aliphatic carbocycles. The molecule has 0 heterocycles. The predicted molar refractivity (Wildman–Crippen MR) is 93.0 cm³/mol. The number of amides is 3. The number of carbonyl (C=O) groups excluding carboxylic acids is 2. The van der Waals surface area contributed by atoms with Crippen LogP contribution in [0.3, 0.4) is 0 Å². The molecule has 25 heavy (non-hydrogen) atoms. The Balaban J connectivity index is 1.82. The number of benzene rings is 2. The van der Waals surface area contributed by atoms with Crippen LogP contribution >= 0.6 is 0 Å². The summed E-state index contributed by atoms with van der Waals surface area (Å²) in [5, 5.41) is 26.5. The van der Waals surface area contributed by atoms with Gasteiger partial charge in [-0.15, -0.1) is 0 Å². The van der Waals surface area contributed by atoms with Crippen molar-refractivity contribution in [2.75, 3.05) is 24.3 Å². The van der Waals surface area contributed by atoms with Gasteiger partial charge in [-0.2, -0.15) is 0 Å². The van der Waals surface area contributed by atoms with E-state index in [-0.39, 0.29) is 11.5 Å². The zero-order chi connectivity index (χ0) is 18.2. The molecule has 0 radical (unpaired) electrons. The molecular formula is C17H19N3O5. The van der Waals surface area contributed by atoms with Crippen LogP contribution in [0.1, 0.15) is 5.56 Å². The molecule has 0 aliphatic heterocycles. The van der Waals surface area contributed by atoms with E-state index in [1.54, 1.807) is 30.3 Å². The number of phenols is 2. The molecule has 0 unspecified atom stereocenters. The quantitative estimate of drug-likeness (QED) is 0.534. The molecule has 2 aromatic rings. The minimum absolute atomic E-state index is 0.185. The van der Waals surface area contributed by atoms with Gasteiger partial charge in [0.15, 0.2) is 11.5 Å². The van der Waals surface area contributed by atoms with E-state index < -0.39 is 12.1 Å². The van der Waals surface area contributed by atoms with Crippen molar-refractivity contribution in [1.29, 1.82) is 0 Å². The number of hydrogen-bond donors (Lipinski definition) is 5. The molecule has 0 bridgehead atoms. The maximum atomic E-state index is 11.9. The highest BCUT2D eigenvalue weighted by molar-refractivity contribution is 5.91. The van der Waals surface area contributed by atoms with Crippen molar-refractivity contribution >= 4 is 23.5 Å². The van der Waals surface area contributed by atoms with Gasteiger partial charge in [0.05, 0.1) is 7.11 Å². The molecule has 3 amide bonds. The molecule has 132 valence electrons. The van der Waals surface area contributed by atoms with E-state index >= 15 is 0 Å². The molecule has 2 rings (SSSR count). The van der Waals surface area contributed by atoms with Crippen molar-refractivity contribution in [3.8, 4) is 11.5 Å². The van der Waals surface area contributed by atoms with E-state index in [9.17, 15) is 19.8 Å². The monoisotopic (exact) mass is 345 g/mol. The van der Waals surface area contributed by atoms with Crippen LogP contribution in [0, 0.1) is 0 Å². The first-order valence-electron chi connectivity index (χ1n) is 7.48. The van der Waals surface area contributed by atoms with Crippen LogP contribution in [0.15, 0.2) is 42.5 Å². The number of phenolic OH excluding ortho intramolecular Hbond substituents is 2. The summed E-state index contributed by atoms with van der Waals surface area (Å²) in [6, 6.07) is 10.7. The van der Waals surface area contributed by atoms with Crippen molar-refractivity contribution in [1.82, 2.24) is 5.32 Å². The van der Waals surface area contributed by atoms with Gasteiger partial charge in [-0.05, 0) is 42.3 Å². The number of aromatic hydroxyl groups is 2. The summed E-state index contributed by atoms with van der Waals surface area (Å²) in [7, 11) is 1.26. The lowest BCUT2D eigenvalue weighted by Crippen LogP contribution is -2.30. The van der Waals surface area contributed by atoms with Gasteiger partial charge in [-0.3, -0.25) is 5.32 Å². The summed E-state index contributed by atoms with van der Waals surface area (Å²) in [4.78, 5) is 23.1. The van der Waals surface area contributed by atoms with Gasteiger partial charge in [0.1, 0.15) is 0 Å². The zero-order valence-corrected chi connectivity index (χ0v) is 13.6. The molecular weight excluding hydrogens is 326 g/mol. The lowest BCUT2D eigenvalue weighted by Gasteiger charge is -2.10. The topological polar surface area (TPSA) is 120 Å². The van der Waals surface area contributed by atoms with Gasteiger partial charge in [-0.1, -0.05) is 12.1 Å². The molecule has 0 aliphatic rings. The minimum atomic E-state index is -0.598. The lowest BCUT2D eigenvalue weighted by molar-refractivity contribution is 0.187. The fourth-order valence-corrected chi connectivity index (χ4v) is 2.06. The Bertz CT molecular complexity index is 764. The van der Waals surface area contributed by atoms with E-state index in [0.717, 1.165) is 5.56 Å². The maximum absolute atomic E-state index is 11.9. The van der Waals surface area contributed by atoms with Gasteiger partial charge in [0.25, 0.3) is 0 Å². The fourth-order valence-electron chi connectivity index (χ4n) is 2.06. The van der Waals surface area contributed by atoms with Gasteiger partial charge in [0, 0.05) is 17.9 Å². The number of ether oxygens (including phenoxy) is 1. The lowest BCUT2D eigenvalue weighted by atomic mass is 10.1. The Labute approximate surface area is 144 Å². The van der Waals surface area contributed by atoms with Crippen LogP contribution < -0.4 is 16.0 Å². The molecule has 0 fully saturated rings. The summed E-state index contributed by atoms with van der Waals surface area (Å²) >= 11 is 0. The SMILES string of the molecule is COC(=O)Nc1cccc(NC(=O)NCCc2ccc(O)c(O)c2)c1. The largest absolute Gasteiger partial charge is 0.504 e. The Hall–Kier alpha value is -3.42. The number of carbonyl (C=O) groups is 2. The van der Waals surface area contributed by atoms with Crippen LogP contribution in [0.4, 0.5) is 21.0 Å². The van der Waals surface area contributed by atoms with Crippen molar-refractivity contribution < 1.29 is 24.5 Å². The highest BCUT2D eigenvalue weighted by Gasteiger charge is 2.05. The molecule has 2 aromatic carbocycles. The van der Waals surface area contributed by atoms with Crippen LogP contribution in [0.5, 0.6) is 11.5 Å². The molecule has 0 aromatic heterocycles. The third kappa shape index (κ3) is 5.61. The average Bonchev–Trinajstić information content (AvgIpc) is 2.58. The van der Waals surface area contributed by atoms with Gasteiger partial charge in [-0.25, -0.2) is 9.59 Å². The Morgan fingerprint density at radius 1 is 1.00 bits per heavy atom. The third-order valence-electron chi connectivity index (χ3n) is 3.29. The second-order valence-electron chi connectivity index (χ2n) is 5.15. The second kappa shape index (κ2) is 8.44. The summed E-state index contributed by atoms with van der Waals surface area (Å²) in [6.45, 7) is 0.343. The van der Waals surface area contributed by atoms with E-state index in [1.807, 2.05) is 0 Å². The highest BCUT2D eigenvalue weighted by atomic mass is 16.5. The number of hydrogen-bond acceptors (Lipinski definition) is 5. The predicted octanol–water partition coefficient (Wildman–Crippen LogP) is 2.64. The molecule has 8 nitrogen and oxygen atoms in total. The summed E-state index contributed by atoms with van der Waals surface area (Å²) in [6.07, 6.45) is -0.107. The smallest absolute Gasteiger partial charge is 0.411 e. The normalized spacial score (nSPS) is 9.96. The van der Waals surface area contributed by atoms with E-state index in [0.29, 0.717) is 24.3 Å².